The number of ether oxygens (including phenoxy) is 2. The molecule has 0 bridgehead atoms. The molecule has 7 nitrogen and oxygen atoms in total. The Morgan fingerprint density at radius 3 is 3.29 bits per heavy atom. The largest absolute Gasteiger partial charge is 0.376 e. The van der Waals surface area contributed by atoms with Crippen LogP contribution in [0.5, 0.6) is 0 Å². The Morgan fingerprint density at radius 1 is 1.41 bits per heavy atom. The highest BCUT2D eigenvalue weighted by Gasteiger charge is 2.14. The van der Waals surface area contributed by atoms with Crippen LogP contribution in [0.3, 0.4) is 0 Å². The summed E-state index contributed by atoms with van der Waals surface area (Å²) in [5.74, 6) is 0.762. The molecule has 0 amide bonds. The summed E-state index contributed by atoms with van der Waals surface area (Å²) < 4.78 is 10.9. The highest BCUT2D eigenvalue weighted by molar-refractivity contribution is 5.85. The van der Waals surface area contributed by atoms with Crippen LogP contribution in [0.25, 0.3) is 11.0 Å². The molecule has 2 aromatic rings. The number of hydrogen-bond donors (Lipinski definition) is 2. The number of hydrogen-bond acceptors (Lipinski definition) is 6. The first-order chi connectivity index (χ1) is 8.43. The lowest BCUT2D eigenvalue weighted by atomic mass is 10.3. The summed E-state index contributed by atoms with van der Waals surface area (Å²) >= 11 is 0. The molecule has 0 spiro atoms. The molecular formula is C10H13N5O2. The van der Waals surface area contributed by atoms with E-state index in [-0.39, 0.29) is 6.10 Å². The number of rotatable bonds is 3. The molecule has 1 fully saturated rings. The number of H-pyrrole nitrogens is 1. The van der Waals surface area contributed by atoms with Gasteiger partial charge < -0.3 is 14.8 Å². The summed E-state index contributed by atoms with van der Waals surface area (Å²) in [6.07, 6.45) is 3.28. The summed E-state index contributed by atoms with van der Waals surface area (Å²) in [7, 11) is 0. The molecule has 1 aliphatic heterocycles. The number of aromatic amines is 1. The molecular weight excluding hydrogens is 222 g/mol. The van der Waals surface area contributed by atoms with Crippen LogP contribution >= 0.6 is 0 Å². The normalized spacial score (nSPS) is 20.6. The van der Waals surface area contributed by atoms with Crippen LogP contribution in [-0.4, -0.2) is 52.6 Å². The number of anilines is 1. The molecule has 1 atom stereocenters. The van der Waals surface area contributed by atoms with E-state index in [0.717, 1.165) is 16.9 Å². The second-order valence-electron chi connectivity index (χ2n) is 3.80. The van der Waals surface area contributed by atoms with Gasteiger partial charge in [0.25, 0.3) is 0 Å². The van der Waals surface area contributed by atoms with Gasteiger partial charge in [0.15, 0.2) is 5.65 Å². The maximum Gasteiger partial charge on any atom is 0.160 e. The number of nitrogens with one attached hydrogen (secondary N) is 2. The van der Waals surface area contributed by atoms with E-state index < -0.39 is 0 Å². The molecule has 1 saturated heterocycles. The van der Waals surface area contributed by atoms with Gasteiger partial charge in [-0.1, -0.05) is 0 Å². The Labute approximate surface area is 97.5 Å². The van der Waals surface area contributed by atoms with E-state index in [1.54, 1.807) is 6.20 Å². The molecule has 7 heteroatoms. The molecule has 2 N–H and O–H groups in total. The third-order valence-corrected chi connectivity index (χ3v) is 2.63. The summed E-state index contributed by atoms with van der Waals surface area (Å²) in [5.41, 5.74) is 0.725. The molecule has 0 radical (unpaired) electrons. The van der Waals surface area contributed by atoms with E-state index >= 15 is 0 Å². The van der Waals surface area contributed by atoms with E-state index in [9.17, 15) is 0 Å². The standard InChI is InChI=1S/C10H13N5O2/c1-2-17-7(5-16-1)3-11-9-8-4-14-15-10(8)13-6-12-9/h4,6-7H,1-3,5H2,(H2,11,12,13,14,15)/t7-/m1/s1. The van der Waals surface area contributed by atoms with Crippen LogP contribution in [-0.2, 0) is 9.47 Å². The molecule has 3 heterocycles. The topological polar surface area (TPSA) is 85.0 Å². The molecule has 0 unspecified atom stereocenters. The van der Waals surface area contributed by atoms with E-state index in [2.05, 4.69) is 25.5 Å². The minimum atomic E-state index is 0.0701. The Kier molecular flexibility index (Phi) is 2.85. The third-order valence-electron chi connectivity index (χ3n) is 2.63. The van der Waals surface area contributed by atoms with E-state index in [1.165, 1.54) is 6.33 Å². The average molecular weight is 235 g/mol. The van der Waals surface area contributed by atoms with E-state index in [4.69, 9.17) is 9.47 Å². The second kappa shape index (κ2) is 4.64. The van der Waals surface area contributed by atoms with Crippen molar-refractivity contribution in [2.24, 2.45) is 0 Å². The van der Waals surface area contributed by atoms with Gasteiger partial charge in [0.1, 0.15) is 12.1 Å². The van der Waals surface area contributed by atoms with Crippen molar-refractivity contribution >= 4 is 16.9 Å². The van der Waals surface area contributed by atoms with Crippen molar-refractivity contribution in [3.63, 3.8) is 0 Å². The van der Waals surface area contributed by atoms with Gasteiger partial charge in [-0.3, -0.25) is 5.10 Å². The molecule has 90 valence electrons. The summed E-state index contributed by atoms with van der Waals surface area (Å²) in [5, 5.41) is 10.8. The highest BCUT2D eigenvalue weighted by atomic mass is 16.6. The van der Waals surface area contributed by atoms with E-state index in [0.29, 0.717) is 26.4 Å². The van der Waals surface area contributed by atoms with Gasteiger partial charge in [0.2, 0.25) is 0 Å². The van der Waals surface area contributed by atoms with Gasteiger partial charge in [-0.05, 0) is 0 Å². The third kappa shape index (κ3) is 2.20. The Hall–Kier alpha value is -1.73. The minimum absolute atomic E-state index is 0.0701. The van der Waals surface area contributed by atoms with Gasteiger partial charge in [0, 0.05) is 6.54 Å². The smallest absolute Gasteiger partial charge is 0.160 e. The predicted molar refractivity (Wildman–Crippen MR) is 60.7 cm³/mol. The molecule has 0 aromatic carbocycles. The zero-order chi connectivity index (χ0) is 11.5. The van der Waals surface area contributed by atoms with Gasteiger partial charge in [-0.2, -0.15) is 5.10 Å². The molecule has 17 heavy (non-hydrogen) atoms. The van der Waals surface area contributed by atoms with Crippen LogP contribution in [0, 0.1) is 0 Å². The molecule has 3 rings (SSSR count). The van der Waals surface area contributed by atoms with Crippen molar-refractivity contribution in [1.29, 1.82) is 0 Å². The summed E-state index contributed by atoms with van der Waals surface area (Å²) in [6, 6.07) is 0. The van der Waals surface area contributed by atoms with Crippen molar-refractivity contribution in [2.45, 2.75) is 6.10 Å². The number of fused-ring (bicyclic) bond motifs is 1. The zero-order valence-electron chi connectivity index (χ0n) is 9.22. The summed E-state index contributed by atoms with van der Waals surface area (Å²) in [4.78, 5) is 8.26. The second-order valence-corrected chi connectivity index (χ2v) is 3.80. The van der Waals surface area contributed by atoms with Crippen LogP contribution in [0.15, 0.2) is 12.5 Å². The fourth-order valence-corrected chi connectivity index (χ4v) is 1.77. The van der Waals surface area contributed by atoms with Crippen LogP contribution < -0.4 is 5.32 Å². The first-order valence-electron chi connectivity index (χ1n) is 5.51. The Bertz CT molecular complexity index is 494. The molecule has 0 aliphatic carbocycles. The maximum atomic E-state index is 5.54. The van der Waals surface area contributed by atoms with Gasteiger partial charge in [-0.15, -0.1) is 0 Å². The average Bonchev–Trinajstić information content (AvgIpc) is 2.86. The molecule has 1 aliphatic rings. The van der Waals surface area contributed by atoms with E-state index in [1.807, 2.05) is 0 Å². The lowest BCUT2D eigenvalue weighted by Gasteiger charge is -2.23. The quantitative estimate of drug-likeness (QED) is 0.789. The Balaban J connectivity index is 1.69. The lowest BCUT2D eigenvalue weighted by molar-refractivity contribution is -0.0819. The van der Waals surface area contributed by atoms with Crippen LogP contribution in [0.2, 0.25) is 0 Å². The predicted octanol–water partition coefficient (Wildman–Crippen LogP) is 0.180. The van der Waals surface area contributed by atoms with Crippen molar-refractivity contribution in [3.8, 4) is 0 Å². The monoisotopic (exact) mass is 235 g/mol. The molecule has 0 saturated carbocycles. The fraction of sp³-hybridized carbons (Fsp3) is 0.500. The van der Waals surface area contributed by atoms with Gasteiger partial charge in [-0.25, -0.2) is 9.97 Å². The highest BCUT2D eigenvalue weighted by Crippen LogP contribution is 2.16. The SMILES string of the molecule is c1nc(NC[C@@H]2COCCO2)c2cn[nH]c2n1. The van der Waals surface area contributed by atoms with Gasteiger partial charge in [0.05, 0.1) is 37.5 Å². The van der Waals surface area contributed by atoms with Crippen LogP contribution in [0.4, 0.5) is 5.82 Å². The minimum Gasteiger partial charge on any atom is -0.376 e. The van der Waals surface area contributed by atoms with Crippen molar-refractivity contribution in [3.05, 3.63) is 12.5 Å². The lowest BCUT2D eigenvalue weighted by Crippen LogP contribution is -2.34. The molecule has 2 aromatic heterocycles. The first kappa shape index (κ1) is 10.4. The van der Waals surface area contributed by atoms with Crippen molar-refractivity contribution in [2.75, 3.05) is 31.7 Å². The zero-order valence-corrected chi connectivity index (χ0v) is 9.22. The van der Waals surface area contributed by atoms with Crippen molar-refractivity contribution in [1.82, 2.24) is 20.2 Å². The number of aromatic nitrogens is 4. The summed E-state index contributed by atoms with van der Waals surface area (Å²) in [6.45, 7) is 2.61. The fourth-order valence-electron chi connectivity index (χ4n) is 1.77. The first-order valence-corrected chi connectivity index (χ1v) is 5.51. The maximum absolute atomic E-state index is 5.54. The van der Waals surface area contributed by atoms with Crippen LogP contribution in [0.1, 0.15) is 0 Å². The van der Waals surface area contributed by atoms with Gasteiger partial charge >= 0.3 is 0 Å². The Morgan fingerprint density at radius 2 is 2.41 bits per heavy atom. The number of nitrogens with zero attached hydrogens (tertiary/aromatic N) is 3. The van der Waals surface area contributed by atoms with Crippen molar-refractivity contribution < 1.29 is 9.47 Å².